The number of amides is 3. The molecule has 1 aromatic carbocycles. The molecule has 0 aromatic heterocycles. The van der Waals surface area contributed by atoms with Crippen molar-refractivity contribution in [2.24, 2.45) is 11.8 Å². The maximum atomic E-state index is 13.0. The molecule has 1 fully saturated rings. The van der Waals surface area contributed by atoms with E-state index in [1.54, 1.807) is 0 Å². The van der Waals surface area contributed by atoms with Gasteiger partial charge in [-0.1, -0.05) is 58.0 Å². The molecule has 1 aliphatic rings. The molecule has 37 heavy (non-hydrogen) atoms. The van der Waals surface area contributed by atoms with Crippen LogP contribution in [0.5, 0.6) is 0 Å². The molecule has 0 aliphatic carbocycles. The number of aliphatic hydroxyl groups excluding tert-OH is 1. The van der Waals surface area contributed by atoms with E-state index in [-0.39, 0.29) is 60.8 Å². The molecule has 1 heterocycles. The summed E-state index contributed by atoms with van der Waals surface area (Å²) >= 11 is 0. The Morgan fingerprint density at radius 1 is 1.22 bits per heavy atom. The van der Waals surface area contributed by atoms with E-state index < -0.39 is 51.0 Å². The summed E-state index contributed by atoms with van der Waals surface area (Å²) < 4.78 is 39.8. The van der Waals surface area contributed by atoms with E-state index >= 15 is 0 Å². The molecule has 0 saturated carbocycles. The number of hydrogen-bond donors (Lipinski definition) is 4. The van der Waals surface area contributed by atoms with E-state index in [0.29, 0.717) is 13.0 Å². The summed E-state index contributed by atoms with van der Waals surface area (Å²) in [6.45, 7) is 7.86. The van der Waals surface area contributed by atoms with Gasteiger partial charge in [-0.15, -0.1) is 0 Å². The third kappa shape index (κ3) is 10.5. The fourth-order valence-corrected chi connectivity index (χ4v) is 4.59. The largest absolute Gasteiger partial charge is 1.00 e. The van der Waals surface area contributed by atoms with Crippen LogP contribution in [0.25, 0.3) is 0 Å². The summed E-state index contributed by atoms with van der Waals surface area (Å²) in [5.41, 5.74) is -1.98. The van der Waals surface area contributed by atoms with Gasteiger partial charge in [-0.3, -0.25) is 9.59 Å². The van der Waals surface area contributed by atoms with Gasteiger partial charge in [0, 0.05) is 17.9 Å². The van der Waals surface area contributed by atoms with Gasteiger partial charge in [-0.2, -0.15) is 0 Å². The van der Waals surface area contributed by atoms with E-state index in [2.05, 4.69) is 16.0 Å². The zero-order valence-electron chi connectivity index (χ0n) is 22.0. The van der Waals surface area contributed by atoms with Crippen LogP contribution in [-0.2, 0) is 29.9 Å². The van der Waals surface area contributed by atoms with Gasteiger partial charge in [-0.05, 0) is 30.7 Å². The molecule has 1 unspecified atom stereocenters. The Labute approximate surface area is 240 Å². The van der Waals surface area contributed by atoms with Crippen molar-refractivity contribution in [3.63, 3.8) is 0 Å². The van der Waals surface area contributed by atoms with Crippen LogP contribution < -0.4 is 45.5 Å². The van der Waals surface area contributed by atoms with Crippen LogP contribution in [0.4, 0.5) is 4.79 Å². The first-order chi connectivity index (χ1) is 16.7. The molecular weight excluding hydrogens is 513 g/mol. The van der Waals surface area contributed by atoms with E-state index in [1.807, 2.05) is 58.0 Å². The van der Waals surface area contributed by atoms with Crippen LogP contribution in [0.1, 0.15) is 52.5 Å². The van der Waals surface area contributed by atoms with Gasteiger partial charge in [0.2, 0.25) is 11.8 Å². The standard InChI is InChI=1S/C24H37N3O8S.Na/c1-15(2)12-18(27-23(31)35-14-24(3,4)17-8-6-5-7-9-17)21(29)26-19(22(30)36(32,33)34)13-16-10-11-25-20(16)28;/h5-9,15-16,18-19,22,30H,10-14H2,1-4H3,(H,25,28)(H,26,29)(H,27,31)(H,32,33,34);/q;+1/p-1/t16-,18-,19-,22?;/m0./s1. The van der Waals surface area contributed by atoms with Crippen LogP contribution in [0.15, 0.2) is 30.3 Å². The number of hydrogen-bond acceptors (Lipinski definition) is 8. The summed E-state index contributed by atoms with van der Waals surface area (Å²) in [6, 6.07) is 6.80. The Kier molecular flexibility index (Phi) is 13.0. The SMILES string of the molecule is CC(C)C[C@H](NC(=O)OCC(C)(C)c1ccccc1)C(=O)N[C@@H](C[C@@H]1CCNC1=O)C(O)S(=O)(=O)[O-].[Na+]. The Hall–Kier alpha value is -1.70. The number of carbonyl (C=O) groups excluding carboxylic acids is 3. The van der Waals surface area contributed by atoms with E-state index in [4.69, 9.17) is 4.74 Å². The molecule has 1 aliphatic heterocycles. The molecule has 4 N–H and O–H groups in total. The Balaban J connectivity index is 0.00000684. The van der Waals surface area contributed by atoms with E-state index in [1.165, 1.54) is 0 Å². The number of alkyl carbamates (subject to hydrolysis) is 1. The number of rotatable bonds is 12. The number of aliphatic hydroxyl groups is 1. The molecule has 202 valence electrons. The van der Waals surface area contributed by atoms with Crippen molar-refractivity contribution in [3.05, 3.63) is 35.9 Å². The quantitative estimate of drug-likeness (QED) is 0.171. The average molecular weight is 550 g/mol. The Morgan fingerprint density at radius 2 is 1.84 bits per heavy atom. The normalized spacial score (nSPS) is 18.2. The van der Waals surface area contributed by atoms with Crippen molar-refractivity contribution in [1.29, 1.82) is 0 Å². The molecule has 0 radical (unpaired) electrons. The first kappa shape index (κ1) is 33.3. The van der Waals surface area contributed by atoms with Gasteiger partial charge < -0.3 is 30.3 Å². The molecule has 11 nitrogen and oxygen atoms in total. The van der Waals surface area contributed by atoms with Crippen molar-refractivity contribution in [3.8, 4) is 0 Å². The first-order valence-electron chi connectivity index (χ1n) is 11.9. The number of nitrogens with one attached hydrogen (secondary N) is 3. The van der Waals surface area contributed by atoms with Gasteiger partial charge in [0.1, 0.15) is 22.8 Å². The topological polar surface area (TPSA) is 174 Å². The predicted molar refractivity (Wildman–Crippen MR) is 131 cm³/mol. The zero-order chi connectivity index (χ0) is 27.1. The van der Waals surface area contributed by atoms with Crippen molar-refractivity contribution >= 4 is 28.0 Å². The van der Waals surface area contributed by atoms with Gasteiger partial charge in [-0.25, -0.2) is 13.2 Å². The molecule has 4 atom stereocenters. The van der Waals surface area contributed by atoms with Crippen molar-refractivity contribution in [2.45, 2.75) is 69.9 Å². The van der Waals surface area contributed by atoms with Crippen molar-refractivity contribution in [2.75, 3.05) is 13.2 Å². The van der Waals surface area contributed by atoms with E-state index in [9.17, 15) is 32.5 Å². The molecule has 0 spiro atoms. The Bertz CT molecular complexity index is 1020. The summed E-state index contributed by atoms with van der Waals surface area (Å²) in [5, 5.41) is 17.6. The fourth-order valence-electron chi connectivity index (χ4n) is 4.01. The summed E-state index contributed by atoms with van der Waals surface area (Å²) in [6.07, 6.45) is -0.540. The minimum Gasteiger partial charge on any atom is -0.746 e. The second-order valence-electron chi connectivity index (χ2n) is 10.2. The molecule has 13 heteroatoms. The minimum absolute atomic E-state index is 0. The summed E-state index contributed by atoms with van der Waals surface area (Å²) in [5.74, 6) is -1.87. The molecule has 3 amide bonds. The average Bonchev–Trinajstić information content (AvgIpc) is 3.20. The minimum atomic E-state index is -5.18. The Morgan fingerprint density at radius 3 is 2.35 bits per heavy atom. The van der Waals surface area contributed by atoms with Gasteiger partial charge in [0.05, 0.1) is 6.04 Å². The van der Waals surface area contributed by atoms with Crippen LogP contribution >= 0.6 is 0 Å². The number of carbonyl (C=O) groups is 3. The molecule has 1 saturated heterocycles. The molecule has 0 bridgehead atoms. The van der Waals surface area contributed by atoms with E-state index in [0.717, 1.165) is 5.56 Å². The van der Waals surface area contributed by atoms with Crippen molar-refractivity contribution in [1.82, 2.24) is 16.0 Å². The number of benzene rings is 1. The second-order valence-corrected chi connectivity index (χ2v) is 11.6. The van der Waals surface area contributed by atoms with Crippen LogP contribution in [0.3, 0.4) is 0 Å². The zero-order valence-corrected chi connectivity index (χ0v) is 24.8. The maximum Gasteiger partial charge on any atom is 1.00 e. The fraction of sp³-hybridized carbons (Fsp3) is 0.625. The second kappa shape index (κ2) is 14.5. The third-order valence-corrected chi connectivity index (χ3v) is 7.02. The first-order valence-corrected chi connectivity index (χ1v) is 13.4. The van der Waals surface area contributed by atoms with Gasteiger partial charge >= 0.3 is 35.7 Å². The van der Waals surface area contributed by atoms with Crippen LogP contribution in [0.2, 0.25) is 0 Å². The number of ether oxygens (including phenoxy) is 1. The van der Waals surface area contributed by atoms with Gasteiger partial charge in [0.25, 0.3) is 0 Å². The summed E-state index contributed by atoms with van der Waals surface area (Å²) in [4.78, 5) is 37.5. The van der Waals surface area contributed by atoms with Crippen LogP contribution in [0, 0.1) is 11.8 Å². The maximum absolute atomic E-state index is 13.0. The monoisotopic (exact) mass is 549 g/mol. The molecule has 1 aromatic rings. The predicted octanol–water partition coefficient (Wildman–Crippen LogP) is -2.02. The molecule has 2 rings (SSSR count). The summed E-state index contributed by atoms with van der Waals surface area (Å²) in [7, 11) is -5.18. The smallest absolute Gasteiger partial charge is 0.746 e. The third-order valence-electron chi connectivity index (χ3n) is 6.10. The molecular formula is C24H36N3NaO8S. The van der Waals surface area contributed by atoms with Gasteiger partial charge in [0.15, 0.2) is 5.44 Å². The van der Waals surface area contributed by atoms with Crippen LogP contribution in [-0.4, -0.2) is 66.7 Å². The van der Waals surface area contributed by atoms with Crippen molar-refractivity contribution < 1.29 is 66.8 Å².